The standard InChI is InChI=1S/C18H32N2O4/c1-13-11-20(12-14(2)23-13)15(21)18(6)7-9-19(10-8-18)16(22)24-17(3,4)5/h13-14H,7-12H2,1-6H3/t13-,14+. The number of carbonyl (C=O) groups is 2. The van der Waals surface area contributed by atoms with Crippen molar-refractivity contribution in [1.29, 1.82) is 0 Å². The molecule has 0 aromatic heterocycles. The van der Waals surface area contributed by atoms with Crippen LogP contribution in [0.3, 0.4) is 0 Å². The first-order valence-electron chi connectivity index (χ1n) is 8.93. The van der Waals surface area contributed by atoms with Gasteiger partial charge in [0.15, 0.2) is 0 Å². The second kappa shape index (κ2) is 6.90. The lowest BCUT2D eigenvalue weighted by Crippen LogP contribution is -2.55. The van der Waals surface area contributed by atoms with Crippen LogP contribution in [0.1, 0.15) is 54.4 Å². The van der Waals surface area contributed by atoms with Gasteiger partial charge in [0.25, 0.3) is 0 Å². The molecule has 2 heterocycles. The predicted molar refractivity (Wildman–Crippen MR) is 91.7 cm³/mol. The van der Waals surface area contributed by atoms with E-state index >= 15 is 0 Å². The molecule has 6 nitrogen and oxygen atoms in total. The molecule has 0 radical (unpaired) electrons. The van der Waals surface area contributed by atoms with E-state index in [2.05, 4.69) is 0 Å². The molecule has 0 aromatic rings. The molecule has 0 aromatic carbocycles. The topological polar surface area (TPSA) is 59.1 Å². The van der Waals surface area contributed by atoms with E-state index in [1.54, 1.807) is 4.90 Å². The summed E-state index contributed by atoms with van der Waals surface area (Å²) in [6.07, 6.45) is 1.20. The number of ether oxygens (including phenoxy) is 2. The van der Waals surface area contributed by atoms with Crippen LogP contribution in [-0.2, 0) is 14.3 Å². The average molecular weight is 340 g/mol. The van der Waals surface area contributed by atoms with E-state index in [-0.39, 0.29) is 24.2 Å². The molecule has 0 unspecified atom stereocenters. The molecule has 2 rings (SSSR count). The first-order valence-corrected chi connectivity index (χ1v) is 8.93. The Labute approximate surface area is 145 Å². The lowest BCUT2D eigenvalue weighted by molar-refractivity contribution is -0.155. The summed E-state index contributed by atoms with van der Waals surface area (Å²) in [6, 6.07) is 0. The summed E-state index contributed by atoms with van der Waals surface area (Å²) in [5.41, 5.74) is -0.900. The normalized spacial score (nSPS) is 27.8. The van der Waals surface area contributed by atoms with Crippen molar-refractivity contribution in [3.05, 3.63) is 0 Å². The molecule has 2 aliphatic heterocycles. The molecule has 6 heteroatoms. The van der Waals surface area contributed by atoms with Gasteiger partial charge in [-0.25, -0.2) is 4.79 Å². The van der Waals surface area contributed by atoms with Crippen LogP contribution < -0.4 is 0 Å². The third-order valence-corrected chi connectivity index (χ3v) is 4.74. The summed E-state index contributed by atoms with van der Waals surface area (Å²) < 4.78 is 11.1. The maximum absolute atomic E-state index is 13.0. The van der Waals surface area contributed by atoms with Gasteiger partial charge in [-0.2, -0.15) is 0 Å². The minimum atomic E-state index is -0.492. The van der Waals surface area contributed by atoms with Crippen molar-refractivity contribution < 1.29 is 19.1 Å². The van der Waals surface area contributed by atoms with Crippen molar-refractivity contribution in [3.8, 4) is 0 Å². The third kappa shape index (κ3) is 4.62. The summed E-state index contributed by atoms with van der Waals surface area (Å²) in [5, 5.41) is 0. The van der Waals surface area contributed by atoms with Crippen molar-refractivity contribution in [3.63, 3.8) is 0 Å². The molecule has 2 aliphatic rings. The SMILES string of the molecule is C[C@@H]1CN(C(=O)C2(C)CCN(C(=O)OC(C)(C)C)CC2)C[C@H](C)O1. The zero-order valence-corrected chi connectivity index (χ0v) is 15.9. The van der Waals surface area contributed by atoms with Gasteiger partial charge >= 0.3 is 6.09 Å². The first kappa shape index (κ1) is 19.0. The number of rotatable bonds is 1. The van der Waals surface area contributed by atoms with Crippen LogP contribution in [0, 0.1) is 5.41 Å². The fourth-order valence-electron chi connectivity index (χ4n) is 3.45. The Morgan fingerprint density at radius 2 is 1.54 bits per heavy atom. The van der Waals surface area contributed by atoms with Gasteiger partial charge in [-0.15, -0.1) is 0 Å². The van der Waals surface area contributed by atoms with Gasteiger partial charge in [0.1, 0.15) is 5.60 Å². The second-order valence-corrected chi connectivity index (χ2v) is 8.50. The third-order valence-electron chi connectivity index (χ3n) is 4.74. The van der Waals surface area contributed by atoms with Crippen LogP contribution >= 0.6 is 0 Å². The van der Waals surface area contributed by atoms with E-state index in [0.29, 0.717) is 39.0 Å². The molecule has 2 atom stereocenters. The molecule has 0 N–H and O–H groups in total. The molecule has 138 valence electrons. The summed E-state index contributed by atoms with van der Waals surface area (Å²) >= 11 is 0. The van der Waals surface area contributed by atoms with Crippen molar-refractivity contribution >= 4 is 12.0 Å². The quantitative estimate of drug-likeness (QED) is 0.736. The molecule has 0 spiro atoms. The first-order chi connectivity index (χ1) is 11.0. The van der Waals surface area contributed by atoms with Gasteiger partial charge in [-0.1, -0.05) is 6.92 Å². The Balaban J connectivity index is 1.94. The lowest BCUT2D eigenvalue weighted by Gasteiger charge is -2.44. The molecular formula is C18H32N2O4. The van der Waals surface area contributed by atoms with Crippen LogP contribution in [0.25, 0.3) is 0 Å². The zero-order chi connectivity index (χ0) is 18.1. The molecule has 2 amide bonds. The minimum absolute atomic E-state index is 0.0724. The van der Waals surface area contributed by atoms with E-state index < -0.39 is 11.0 Å². The van der Waals surface area contributed by atoms with E-state index in [9.17, 15) is 9.59 Å². The van der Waals surface area contributed by atoms with Crippen LogP contribution in [0.5, 0.6) is 0 Å². The Morgan fingerprint density at radius 1 is 1.04 bits per heavy atom. The fourth-order valence-corrected chi connectivity index (χ4v) is 3.45. The summed E-state index contributed by atoms with van der Waals surface area (Å²) in [5.74, 6) is 0.188. The van der Waals surface area contributed by atoms with Gasteiger partial charge in [0.05, 0.1) is 12.2 Å². The van der Waals surface area contributed by atoms with Gasteiger partial charge in [0, 0.05) is 31.6 Å². The zero-order valence-electron chi connectivity index (χ0n) is 15.9. The Hall–Kier alpha value is -1.30. The fraction of sp³-hybridized carbons (Fsp3) is 0.889. The summed E-state index contributed by atoms with van der Waals surface area (Å²) in [7, 11) is 0. The van der Waals surface area contributed by atoms with Crippen LogP contribution in [0.2, 0.25) is 0 Å². The summed E-state index contributed by atoms with van der Waals surface area (Å²) in [4.78, 5) is 28.8. The van der Waals surface area contributed by atoms with Crippen LogP contribution in [0.4, 0.5) is 4.79 Å². The smallest absolute Gasteiger partial charge is 0.410 e. The number of hydrogen-bond donors (Lipinski definition) is 0. The highest BCUT2D eigenvalue weighted by molar-refractivity contribution is 5.83. The van der Waals surface area contributed by atoms with E-state index in [1.807, 2.05) is 46.4 Å². The molecule has 0 saturated carbocycles. The monoisotopic (exact) mass is 340 g/mol. The Morgan fingerprint density at radius 3 is 2.00 bits per heavy atom. The molecule has 2 saturated heterocycles. The largest absolute Gasteiger partial charge is 0.444 e. The number of amides is 2. The van der Waals surface area contributed by atoms with Gasteiger partial charge in [0.2, 0.25) is 5.91 Å². The number of nitrogens with zero attached hydrogens (tertiary/aromatic N) is 2. The highest BCUT2D eigenvalue weighted by Gasteiger charge is 2.42. The Kier molecular flexibility index (Phi) is 5.47. The van der Waals surface area contributed by atoms with Crippen LogP contribution in [0.15, 0.2) is 0 Å². The number of likely N-dealkylation sites (tertiary alicyclic amines) is 1. The highest BCUT2D eigenvalue weighted by Crippen LogP contribution is 2.34. The average Bonchev–Trinajstić information content (AvgIpc) is 2.44. The molecule has 2 fully saturated rings. The van der Waals surface area contributed by atoms with Crippen molar-refractivity contribution in [2.45, 2.75) is 72.2 Å². The van der Waals surface area contributed by atoms with Crippen LogP contribution in [-0.4, -0.2) is 65.8 Å². The number of hydrogen-bond acceptors (Lipinski definition) is 4. The molecule has 0 bridgehead atoms. The molecular weight excluding hydrogens is 308 g/mol. The number of carbonyl (C=O) groups excluding carboxylic acids is 2. The van der Waals surface area contributed by atoms with E-state index in [4.69, 9.17) is 9.47 Å². The molecule has 0 aliphatic carbocycles. The van der Waals surface area contributed by atoms with Crippen molar-refractivity contribution in [2.24, 2.45) is 5.41 Å². The highest BCUT2D eigenvalue weighted by atomic mass is 16.6. The van der Waals surface area contributed by atoms with Gasteiger partial charge in [-0.05, 0) is 47.5 Å². The predicted octanol–water partition coefficient (Wildman–Crippen LogP) is 2.66. The molecule has 24 heavy (non-hydrogen) atoms. The minimum Gasteiger partial charge on any atom is -0.444 e. The van der Waals surface area contributed by atoms with E-state index in [0.717, 1.165) is 0 Å². The number of piperidine rings is 1. The second-order valence-electron chi connectivity index (χ2n) is 8.50. The number of morpholine rings is 1. The van der Waals surface area contributed by atoms with Gasteiger partial charge in [-0.3, -0.25) is 4.79 Å². The summed E-state index contributed by atoms with van der Waals surface area (Å²) in [6.45, 7) is 14.0. The van der Waals surface area contributed by atoms with E-state index in [1.165, 1.54) is 0 Å². The van der Waals surface area contributed by atoms with Gasteiger partial charge < -0.3 is 19.3 Å². The van der Waals surface area contributed by atoms with Crippen molar-refractivity contribution in [2.75, 3.05) is 26.2 Å². The maximum Gasteiger partial charge on any atom is 0.410 e. The lowest BCUT2D eigenvalue weighted by atomic mass is 9.79. The maximum atomic E-state index is 13.0. The van der Waals surface area contributed by atoms with Crippen molar-refractivity contribution in [1.82, 2.24) is 9.80 Å². The Bertz CT molecular complexity index is 468.